The normalized spacial score (nSPS) is 11.8. The van der Waals surface area contributed by atoms with E-state index >= 15 is 0 Å². The minimum Gasteiger partial charge on any atom is -0.345 e. The molecule has 8 heteroatoms. The fourth-order valence-electron chi connectivity index (χ4n) is 3.16. The summed E-state index contributed by atoms with van der Waals surface area (Å²) in [7, 11) is 0. The number of halogens is 1. The van der Waals surface area contributed by atoms with Gasteiger partial charge in [-0.15, -0.1) is 0 Å². The number of nitrogens with zero attached hydrogens (tertiary/aromatic N) is 1. The molecule has 0 saturated carbocycles. The number of rotatable bonds is 5. The maximum absolute atomic E-state index is 13.1. The van der Waals surface area contributed by atoms with Crippen molar-refractivity contribution in [2.45, 2.75) is 40.2 Å². The minimum atomic E-state index is -0.846. The molecule has 1 heterocycles. The van der Waals surface area contributed by atoms with Gasteiger partial charge in [0.15, 0.2) is 0 Å². The smallest absolute Gasteiger partial charge is 0.328 e. The summed E-state index contributed by atoms with van der Waals surface area (Å²) in [4.78, 5) is 37.9. The van der Waals surface area contributed by atoms with E-state index in [1.165, 1.54) is 4.68 Å². The Morgan fingerprint density at radius 1 is 1.03 bits per heavy atom. The molecule has 3 N–H and O–H groups in total. The van der Waals surface area contributed by atoms with Crippen molar-refractivity contribution in [1.29, 1.82) is 0 Å². The van der Waals surface area contributed by atoms with Gasteiger partial charge in [-0.2, -0.15) is 0 Å². The lowest BCUT2D eigenvalue weighted by atomic mass is 10.1. The molecule has 1 atom stereocenters. The molecule has 0 aliphatic rings. The number of nitrogens with one attached hydrogen (secondary N) is 3. The second-order valence-corrected chi connectivity index (χ2v) is 8.48. The average Bonchev–Trinajstić information content (AvgIpc) is 3.07. The Morgan fingerprint density at radius 3 is 2.45 bits per heavy atom. The molecule has 31 heavy (non-hydrogen) atoms. The Balaban J connectivity index is 1.95. The van der Waals surface area contributed by atoms with Gasteiger partial charge in [0.2, 0.25) is 0 Å². The number of hydrogen-bond donors (Lipinski definition) is 3. The lowest BCUT2D eigenvalue weighted by molar-refractivity contribution is -0.137. The molecule has 0 saturated heterocycles. The van der Waals surface area contributed by atoms with E-state index in [1.54, 1.807) is 18.2 Å². The first kappa shape index (κ1) is 22.6. The summed E-state index contributed by atoms with van der Waals surface area (Å²) < 4.78 is 2.18. The fraction of sp³-hybridized carbons (Fsp3) is 0.261. The first-order valence-electron chi connectivity index (χ1n) is 10.0. The summed E-state index contributed by atoms with van der Waals surface area (Å²) in [5.74, 6) is -2.00. The Bertz CT molecular complexity index is 1170. The van der Waals surface area contributed by atoms with E-state index in [1.807, 2.05) is 52.0 Å². The summed E-state index contributed by atoms with van der Waals surface area (Å²) in [6.45, 7) is 7.62. The van der Waals surface area contributed by atoms with Crippen LogP contribution in [0.2, 0.25) is 0 Å². The Morgan fingerprint density at radius 2 is 1.77 bits per heavy atom. The number of aromatic nitrogens is 1. The molecule has 2 aromatic carbocycles. The zero-order valence-corrected chi connectivity index (χ0v) is 19.5. The highest BCUT2D eigenvalue weighted by atomic mass is 79.9. The van der Waals surface area contributed by atoms with Gasteiger partial charge in [-0.3, -0.25) is 19.8 Å². The van der Waals surface area contributed by atoms with Crippen molar-refractivity contribution in [3.63, 3.8) is 0 Å². The zero-order chi connectivity index (χ0) is 22.7. The SMILES string of the molecule is CC[C@@H](C)NC(=O)C(=O)Nn1c(C(=O)Nc2ccc(C)cc2C)cc2cc(Br)ccc21. The van der Waals surface area contributed by atoms with Crippen LogP contribution in [0.25, 0.3) is 10.9 Å². The first-order chi connectivity index (χ1) is 14.7. The molecule has 0 aliphatic carbocycles. The second kappa shape index (κ2) is 9.34. The Hall–Kier alpha value is -3.13. The third-order valence-electron chi connectivity index (χ3n) is 5.04. The van der Waals surface area contributed by atoms with Crippen molar-refractivity contribution in [2.24, 2.45) is 0 Å². The molecule has 3 amide bonds. The van der Waals surface area contributed by atoms with E-state index < -0.39 is 17.7 Å². The standard InChI is InChI=1S/C23H25BrN4O3/c1-5-15(4)25-22(30)23(31)27-28-19-9-7-17(24)11-16(19)12-20(28)21(29)26-18-8-6-13(2)10-14(18)3/h6-12,15H,5H2,1-4H3,(H,25,30)(H,26,29)(H,27,31)/t15-/m1/s1. The van der Waals surface area contributed by atoms with Gasteiger partial charge in [-0.25, -0.2) is 4.68 Å². The molecule has 0 aliphatic heterocycles. The van der Waals surface area contributed by atoms with E-state index in [2.05, 4.69) is 32.0 Å². The van der Waals surface area contributed by atoms with Crippen molar-refractivity contribution in [3.05, 3.63) is 63.8 Å². The highest BCUT2D eigenvalue weighted by Gasteiger charge is 2.22. The van der Waals surface area contributed by atoms with Gasteiger partial charge < -0.3 is 10.6 Å². The summed E-state index contributed by atoms with van der Waals surface area (Å²) in [6, 6.07) is 12.7. The van der Waals surface area contributed by atoms with Gasteiger partial charge in [0.05, 0.1) is 5.52 Å². The molecule has 1 aromatic heterocycles. The molecule has 0 radical (unpaired) electrons. The van der Waals surface area contributed by atoms with Crippen molar-refractivity contribution >= 4 is 50.2 Å². The third-order valence-corrected chi connectivity index (χ3v) is 5.53. The number of fused-ring (bicyclic) bond motifs is 1. The van der Waals surface area contributed by atoms with Crippen LogP contribution in [-0.4, -0.2) is 28.4 Å². The Kier molecular flexibility index (Phi) is 6.80. The minimum absolute atomic E-state index is 0.136. The van der Waals surface area contributed by atoms with Crippen molar-refractivity contribution < 1.29 is 14.4 Å². The molecule has 0 bridgehead atoms. The van der Waals surface area contributed by atoms with Crippen LogP contribution in [-0.2, 0) is 9.59 Å². The maximum Gasteiger partial charge on any atom is 0.328 e. The summed E-state index contributed by atoms with van der Waals surface area (Å²) in [5.41, 5.74) is 6.06. The van der Waals surface area contributed by atoms with Crippen LogP contribution in [0.3, 0.4) is 0 Å². The molecule has 0 spiro atoms. The Labute approximate surface area is 189 Å². The van der Waals surface area contributed by atoms with Crippen LogP contribution in [0.15, 0.2) is 46.9 Å². The van der Waals surface area contributed by atoms with Crippen molar-refractivity contribution in [1.82, 2.24) is 9.99 Å². The molecule has 162 valence electrons. The number of benzene rings is 2. The molecular formula is C23H25BrN4O3. The summed E-state index contributed by atoms with van der Waals surface area (Å²) in [5, 5.41) is 6.26. The third kappa shape index (κ3) is 5.14. The predicted octanol–water partition coefficient (Wildman–Crippen LogP) is 4.26. The van der Waals surface area contributed by atoms with Crippen LogP contribution in [0, 0.1) is 13.8 Å². The lowest BCUT2D eigenvalue weighted by Crippen LogP contribution is -2.43. The monoisotopic (exact) mass is 484 g/mol. The largest absolute Gasteiger partial charge is 0.345 e. The van der Waals surface area contributed by atoms with Gasteiger partial charge in [0.25, 0.3) is 5.91 Å². The van der Waals surface area contributed by atoms with E-state index in [4.69, 9.17) is 0 Å². The van der Waals surface area contributed by atoms with Gasteiger partial charge in [0, 0.05) is 21.6 Å². The number of carbonyl (C=O) groups excluding carboxylic acids is 3. The number of hydrogen-bond acceptors (Lipinski definition) is 3. The van der Waals surface area contributed by atoms with Crippen LogP contribution in [0.5, 0.6) is 0 Å². The van der Waals surface area contributed by atoms with Gasteiger partial charge >= 0.3 is 11.8 Å². The highest BCUT2D eigenvalue weighted by molar-refractivity contribution is 9.10. The van der Waals surface area contributed by atoms with Crippen LogP contribution < -0.4 is 16.1 Å². The van der Waals surface area contributed by atoms with Gasteiger partial charge in [-0.05, 0) is 63.1 Å². The number of anilines is 1. The zero-order valence-electron chi connectivity index (χ0n) is 17.9. The molecule has 0 unspecified atom stereocenters. The first-order valence-corrected chi connectivity index (χ1v) is 10.8. The van der Waals surface area contributed by atoms with Gasteiger partial charge in [-0.1, -0.05) is 40.5 Å². The molecule has 3 aromatic rings. The fourth-order valence-corrected chi connectivity index (χ4v) is 3.54. The summed E-state index contributed by atoms with van der Waals surface area (Å²) >= 11 is 3.42. The van der Waals surface area contributed by atoms with Crippen molar-refractivity contribution in [2.75, 3.05) is 10.7 Å². The maximum atomic E-state index is 13.1. The topological polar surface area (TPSA) is 92.2 Å². The van der Waals surface area contributed by atoms with Gasteiger partial charge in [0.1, 0.15) is 5.69 Å². The molecule has 7 nitrogen and oxygen atoms in total. The van der Waals surface area contributed by atoms with Crippen LogP contribution in [0.4, 0.5) is 5.69 Å². The number of aryl methyl sites for hydroxylation is 2. The lowest BCUT2D eigenvalue weighted by Gasteiger charge is -2.15. The van der Waals surface area contributed by atoms with Crippen molar-refractivity contribution in [3.8, 4) is 0 Å². The highest BCUT2D eigenvalue weighted by Crippen LogP contribution is 2.24. The molecule has 0 fully saturated rings. The number of amides is 3. The van der Waals surface area contributed by atoms with E-state index in [9.17, 15) is 14.4 Å². The average molecular weight is 485 g/mol. The van der Waals surface area contributed by atoms with E-state index in [0.29, 0.717) is 17.6 Å². The number of carbonyl (C=O) groups is 3. The predicted molar refractivity (Wildman–Crippen MR) is 126 cm³/mol. The molecule has 3 rings (SSSR count). The quantitative estimate of drug-likeness (QED) is 0.472. The summed E-state index contributed by atoms with van der Waals surface area (Å²) in [6.07, 6.45) is 0.697. The van der Waals surface area contributed by atoms with Crippen LogP contribution >= 0.6 is 15.9 Å². The second-order valence-electron chi connectivity index (χ2n) is 7.56. The molecular weight excluding hydrogens is 460 g/mol. The van der Waals surface area contributed by atoms with E-state index in [-0.39, 0.29) is 11.7 Å². The van der Waals surface area contributed by atoms with E-state index in [0.717, 1.165) is 21.0 Å². The van der Waals surface area contributed by atoms with Crippen LogP contribution in [0.1, 0.15) is 41.9 Å².